The summed E-state index contributed by atoms with van der Waals surface area (Å²) in [5.41, 5.74) is 8.09. The quantitative estimate of drug-likeness (QED) is 0.740. The number of nitrogens with zero attached hydrogens (tertiary/aromatic N) is 3. The van der Waals surface area contributed by atoms with Crippen molar-refractivity contribution in [3.63, 3.8) is 0 Å². The first kappa shape index (κ1) is 13.1. The Morgan fingerprint density at radius 1 is 1.10 bits per heavy atom. The third-order valence-electron chi connectivity index (χ3n) is 3.11. The monoisotopic (exact) mass is 278 g/mol. The summed E-state index contributed by atoms with van der Waals surface area (Å²) in [5, 5.41) is 0.823. The minimum atomic E-state index is -0.318. The van der Waals surface area contributed by atoms with Crippen molar-refractivity contribution in [2.75, 3.05) is 5.73 Å². The van der Waals surface area contributed by atoms with Crippen LogP contribution >= 0.6 is 0 Å². The van der Waals surface area contributed by atoms with Gasteiger partial charge in [0.1, 0.15) is 5.82 Å². The summed E-state index contributed by atoms with van der Waals surface area (Å²) in [6, 6.07) is 17.0. The molecule has 0 bridgehead atoms. The van der Waals surface area contributed by atoms with Gasteiger partial charge in [0, 0.05) is 12.3 Å². The minimum absolute atomic E-state index is 0.282. The first-order valence-corrected chi connectivity index (χ1v) is 6.55. The second-order valence-electron chi connectivity index (χ2n) is 4.62. The molecule has 2 aromatic carbocycles. The standard InChI is InChI=1S/C16H14N4O/c1-11(21)18-16-19-14-10-6-5-9-13(14)15(17)20(16)12-7-3-2-4-8-12/h2-10H,17H2,1H3. The molecule has 0 aliphatic carbocycles. The van der Waals surface area contributed by atoms with Crippen LogP contribution in [0.1, 0.15) is 6.92 Å². The van der Waals surface area contributed by atoms with Crippen molar-refractivity contribution in [2.24, 2.45) is 4.99 Å². The van der Waals surface area contributed by atoms with Crippen LogP contribution in [0.5, 0.6) is 0 Å². The van der Waals surface area contributed by atoms with E-state index in [1.807, 2.05) is 54.6 Å². The second kappa shape index (κ2) is 5.20. The molecule has 1 heterocycles. The highest BCUT2D eigenvalue weighted by Crippen LogP contribution is 2.19. The average Bonchev–Trinajstić information content (AvgIpc) is 2.48. The maximum atomic E-state index is 11.4. The molecule has 0 spiro atoms. The van der Waals surface area contributed by atoms with E-state index in [0.29, 0.717) is 11.3 Å². The number of anilines is 1. The van der Waals surface area contributed by atoms with Crippen LogP contribution in [0.15, 0.2) is 59.6 Å². The molecule has 0 saturated heterocycles. The van der Waals surface area contributed by atoms with E-state index < -0.39 is 0 Å². The second-order valence-corrected chi connectivity index (χ2v) is 4.62. The molecular weight excluding hydrogens is 264 g/mol. The summed E-state index contributed by atoms with van der Waals surface area (Å²) in [5.74, 6) is 0.189. The maximum absolute atomic E-state index is 11.4. The molecule has 5 nitrogen and oxygen atoms in total. The lowest BCUT2D eigenvalue weighted by molar-refractivity contribution is -0.116. The third-order valence-corrected chi connectivity index (χ3v) is 3.11. The Labute approximate surface area is 121 Å². The molecular formula is C16H14N4O. The zero-order valence-electron chi connectivity index (χ0n) is 11.5. The van der Waals surface area contributed by atoms with Crippen LogP contribution in [0.25, 0.3) is 16.6 Å². The van der Waals surface area contributed by atoms with Gasteiger partial charge in [-0.3, -0.25) is 9.36 Å². The number of nitrogens with two attached hydrogens (primary N) is 1. The van der Waals surface area contributed by atoms with Gasteiger partial charge < -0.3 is 5.73 Å². The van der Waals surface area contributed by atoms with E-state index in [1.165, 1.54) is 6.92 Å². The van der Waals surface area contributed by atoms with Crippen LogP contribution in [0.4, 0.5) is 5.82 Å². The van der Waals surface area contributed by atoms with Crippen molar-refractivity contribution in [1.82, 2.24) is 9.55 Å². The lowest BCUT2D eigenvalue weighted by atomic mass is 10.2. The fourth-order valence-corrected chi connectivity index (χ4v) is 2.22. The van der Waals surface area contributed by atoms with Crippen LogP contribution in [-0.4, -0.2) is 15.5 Å². The number of para-hydroxylation sites is 2. The highest BCUT2D eigenvalue weighted by atomic mass is 16.1. The lowest BCUT2D eigenvalue weighted by Gasteiger charge is -2.13. The van der Waals surface area contributed by atoms with Gasteiger partial charge in [0.2, 0.25) is 11.5 Å². The molecule has 0 aliphatic rings. The number of nitrogen functional groups attached to an aromatic ring is 1. The fraction of sp³-hybridized carbons (Fsp3) is 0.0625. The molecule has 1 aromatic heterocycles. The van der Waals surface area contributed by atoms with Crippen LogP contribution in [0.3, 0.4) is 0 Å². The zero-order valence-corrected chi connectivity index (χ0v) is 11.5. The summed E-state index contributed by atoms with van der Waals surface area (Å²) in [4.78, 5) is 19.8. The molecule has 5 heteroatoms. The van der Waals surface area contributed by atoms with Gasteiger partial charge >= 0.3 is 0 Å². The molecule has 2 N–H and O–H groups in total. The predicted molar refractivity (Wildman–Crippen MR) is 81.7 cm³/mol. The van der Waals surface area contributed by atoms with Crippen LogP contribution in [-0.2, 0) is 4.79 Å². The number of hydrogen-bond donors (Lipinski definition) is 1. The van der Waals surface area contributed by atoms with Gasteiger partial charge in [0.15, 0.2) is 0 Å². The van der Waals surface area contributed by atoms with Gasteiger partial charge in [-0.15, -0.1) is 0 Å². The first-order chi connectivity index (χ1) is 10.2. The molecule has 3 aromatic rings. The average molecular weight is 278 g/mol. The van der Waals surface area contributed by atoms with E-state index in [-0.39, 0.29) is 11.5 Å². The Bertz CT molecular complexity index is 882. The Kier molecular flexibility index (Phi) is 3.23. The molecule has 0 aliphatic heterocycles. The molecule has 104 valence electrons. The largest absolute Gasteiger partial charge is 0.384 e. The van der Waals surface area contributed by atoms with Crippen molar-refractivity contribution in [3.05, 3.63) is 60.2 Å². The third kappa shape index (κ3) is 2.41. The fourth-order valence-electron chi connectivity index (χ4n) is 2.22. The number of carbonyl (C=O) groups excluding carboxylic acids is 1. The molecule has 3 rings (SSSR count). The van der Waals surface area contributed by atoms with E-state index in [4.69, 9.17) is 5.73 Å². The van der Waals surface area contributed by atoms with Crippen molar-refractivity contribution in [1.29, 1.82) is 0 Å². The highest BCUT2D eigenvalue weighted by Gasteiger charge is 2.09. The molecule has 0 fully saturated rings. The molecule has 1 amide bonds. The Morgan fingerprint density at radius 2 is 1.76 bits per heavy atom. The first-order valence-electron chi connectivity index (χ1n) is 6.55. The zero-order chi connectivity index (χ0) is 14.8. The SMILES string of the molecule is CC(=O)N=c1nc2ccccc2c(N)n1-c1ccccc1. The van der Waals surface area contributed by atoms with Crippen molar-refractivity contribution in [3.8, 4) is 5.69 Å². The Balaban J connectivity index is 2.46. The van der Waals surface area contributed by atoms with Crippen molar-refractivity contribution < 1.29 is 4.79 Å². The topological polar surface area (TPSA) is 73.3 Å². The smallest absolute Gasteiger partial charge is 0.245 e. The van der Waals surface area contributed by atoms with Gasteiger partial charge in [0.05, 0.1) is 11.2 Å². The Morgan fingerprint density at radius 3 is 2.48 bits per heavy atom. The number of amides is 1. The summed E-state index contributed by atoms with van der Waals surface area (Å²) >= 11 is 0. The van der Waals surface area contributed by atoms with E-state index in [1.54, 1.807) is 4.57 Å². The van der Waals surface area contributed by atoms with Gasteiger partial charge in [-0.05, 0) is 24.3 Å². The maximum Gasteiger partial charge on any atom is 0.245 e. The van der Waals surface area contributed by atoms with Crippen molar-refractivity contribution in [2.45, 2.75) is 6.92 Å². The molecule has 0 saturated carbocycles. The number of rotatable bonds is 1. The highest BCUT2D eigenvalue weighted by molar-refractivity contribution is 5.88. The van der Waals surface area contributed by atoms with E-state index in [2.05, 4.69) is 9.98 Å². The summed E-state index contributed by atoms with van der Waals surface area (Å²) < 4.78 is 1.68. The van der Waals surface area contributed by atoms with Crippen LogP contribution in [0.2, 0.25) is 0 Å². The van der Waals surface area contributed by atoms with Crippen molar-refractivity contribution >= 4 is 22.6 Å². The summed E-state index contributed by atoms with van der Waals surface area (Å²) in [7, 11) is 0. The number of benzene rings is 2. The molecule has 21 heavy (non-hydrogen) atoms. The minimum Gasteiger partial charge on any atom is -0.384 e. The summed E-state index contributed by atoms with van der Waals surface area (Å²) in [6.45, 7) is 1.39. The normalized spacial score (nSPS) is 11.8. The van der Waals surface area contributed by atoms with E-state index in [0.717, 1.165) is 11.1 Å². The Hall–Kier alpha value is -2.95. The molecule has 0 unspecified atom stereocenters. The molecule has 0 radical (unpaired) electrons. The van der Waals surface area contributed by atoms with Crippen LogP contribution in [0, 0.1) is 0 Å². The number of fused-ring (bicyclic) bond motifs is 1. The number of carbonyl (C=O) groups is 1. The van der Waals surface area contributed by atoms with E-state index >= 15 is 0 Å². The number of hydrogen-bond acceptors (Lipinski definition) is 3. The number of aromatic nitrogens is 2. The van der Waals surface area contributed by atoms with Gasteiger partial charge in [-0.2, -0.15) is 4.99 Å². The van der Waals surface area contributed by atoms with Gasteiger partial charge in [0.25, 0.3) is 0 Å². The lowest BCUT2D eigenvalue weighted by Crippen LogP contribution is -2.26. The molecule has 0 atom stereocenters. The van der Waals surface area contributed by atoms with Gasteiger partial charge in [-0.1, -0.05) is 30.3 Å². The summed E-state index contributed by atoms with van der Waals surface area (Å²) in [6.07, 6.45) is 0. The van der Waals surface area contributed by atoms with Crippen LogP contribution < -0.4 is 11.4 Å². The van der Waals surface area contributed by atoms with E-state index in [9.17, 15) is 4.79 Å². The van der Waals surface area contributed by atoms with Gasteiger partial charge in [-0.25, -0.2) is 4.98 Å². The predicted octanol–water partition coefficient (Wildman–Crippen LogP) is 2.05.